The summed E-state index contributed by atoms with van der Waals surface area (Å²) >= 11 is 0. The highest BCUT2D eigenvalue weighted by atomic mass is 16.7. The van der Waals surface area contributed by atoms with Crippen molar-refractivity contribution < 1.29 is 29.6 Å². The summed E-state index contributed by atoms with van der Waals surface area (Å²) in [5.41, 5.74) is 4.47. The number of aliphatic hydroxyl groups excluding tert-OH is 3. The van der Waals surface area contributed by atoms with Gasteiger partial charge >= 0.3 is 0 Å². The normalized spacial score (nSPS) is 30.4. The lowest BCUT2D eigenvalue weighted by atomic mass is 10.0. The lowest BCUT2D eigenvalue weighted by Crippen LogP contribution is -2.50. The molecular weight excluding hydrogens is 242 g/mol. The van der Waals surface area contributed by atoms with Gasteiger partial charge in [-0.05, 0) is 0 Å². The van der Waals surface area contributed by atoms with Crippen LogP contribution in [0.2, 0.25) is 0 Å². The molecule has 0 aromatic rings. The van der Waals surface area contributed by atoms with Gasteiger partial charge in [-0.2, -0.15) is 0 Å². The summed E-state index contributed by atoms with van der Waals surface area (Å²) in [5, 5.41) is 27.3. The van der Waals surface area contributed by atoms with Crippen LogP contribution in [0.1, 0.15) is 27.2 Å². The molecule has 0 saturated carbocycles. The molecule has 0 radical (unpaired) electrons. The van der Waals surface area contributed by atoms with Crippen LogP contribution in [0.25, 0.3) is 0 Å². The number of aliphatic hydroxyl groups is 3. The number of carbonyl (C=O) groups is 1. The van der Waals surface area contributed by atoms with Gasteiger partial charge in [-0.1, -0.05) is 13.8 Å². The van der Waals surface area contributed by atoms with Crippen molar-refractivity contribution in [3.05, 3.63) is 0 Å². The van der Waals surface area contributed by atoms with Crippen LogP contribution in [-0.4, -0.2) is 59.5 Å². The fraction of sp³-hybridized carbons (Fsp3) is 0.909. The molecule has 1 heterocycles. The number of methoxy groups -OCH3 is 1. The molecule has 110 valence electrons. The Balaban J connectivity index is 0. The van der Waals surface area contributed by atoms with Crippen LogP contribution < -0.4 is 5.73 Å². The fourth-order valence-electron chi connectivity index (χ4n) is 1.22. The van der Waals surface area contributed by atoms with Crippen molar-refractivity contribution in [2.75, 3.05) is 13.7 Å². The quantitative estimate of drug-likeness (QED) is 0.508. The second-order valence-electron chi connectivity index (χ2n) is 3.43. The number of rotatable bonds is 2. The van der Waals surface area contributed by atoms with E-state index >= 15 is 0 Å². The summed E-state index contributed by atoms with van der Waals surface area (Å²) in [5.74, 6) is -0.333. The van der Waals surface area contributed by atoms with E-state index in [9.17, 15) is 15.0 Å². The molecule has 0 bridgehead atoms. The summed E-state index contributed by atoms with van der Waals surface area (Å²) in [7, 11) is 1.45. The molecule has 7 nitrogen and oxygen atoms in total. The second-order valence-corrected chi connectivity index (χ2v) is 3.43. The number of primary amides is 1. The van der Waals surface area contributed by atoms with Gasteiger partial charge < -0.3 is 30.5 Å². The molecule has 1 rings (SSSR count). The van der Waals surface area contributed by atoms with Crippen molar-refractivity contribution in [2.45, 2.75) is 51.8 Å². The Morgan fingerprint density at radius 1 is 1.44 bits per heavy atom. The van der Waals surface area contributed by atoms with E-state index in [1.165, 1.54) is 14.0 Å². The number of nitrogens with two attached hydrogens (primary N) is 1. The van der Waals surface area contributed by atoms with E-state index < -0.39 is 24.6 Å². The lowest BCUT2D eigenvalue weighted by Gasteiger charge is -2.35. The molecule has 1 amide bonds. The summed E-state index contributed by atoms with van der Waals surface area (Å²) < 4.78 is 9.92. The lowest BCUT2D eigenvalue weighted by molar-refractivity contribution is -0.248. The SMILES string of the molecule is CC.CC(N)=O.COC1CC(O)C(O)C(CO)O1. The maximum atomic E-state index is 9.26. The zero-order valence-corrected chi connectivity index (χ0v) is 11.4. The predicted octanol–water partition coefficient (Wildman–Crippen LogP) is -1.02. The Labute approximate surface area is 108 Å². The number of amides is 1. The molecule has 0 aromatic heterocycles. The average molecular weight is 267 g/mol. The largest absolute Gasteiger partial charge is 0.394 e. The minimum absolute atomic E-state index is 0.230. The Hall–Kier alpha value is -0.730. The van der Waals surface area contributed by atoms with Crippen molar-refractivity contribution in [2.24, 2.45) is 5.73 Å². The number of hydrogen-bond acceptors (Lipinski definition) is 6. The van der Waals surface area contributed by atoms with Crippen LogP contribution in [0.3, 0.4) is 0 Å². The molecule has 5 N–H and O–H groups in total. The van der Waals surface area contributed by atoms with Gasteiger partial charge in [-0.25, -0.2) is 0 Å². The van der Waals surface area contributed by atoms with E-state index in [-0.39, 0.29) is 18.9 Å². The van der Waals surface area contributed by atoms with E-state index in [1.54, 1.807) is 0 Å². The van der Waals surface area contributed by atoms with E-state index in [4.69, 9.17) is 14.6 Å². The molecule has 0 aromatic carbocycles. The first-order valence-electron chi connectivity index (χ1n) is 5.83. The van der Waals surface area contributed by atoms with E-state index in [0.717, 1.165) is 0 Å². The topological polar surface area (TPSA) is 122 Å². The number of carbonyl (C=O) groups excluding carboxylic acids is 1. The maximum Gasteiger partial charge on any atom is 0.214 e. The average Bonchev–Trinajstić information content (AvgIpc) is 2.34. The fourth-order valence-corrected chi connectivity index (χ4v) is 1.22. The van der Waals surface area contributed by atoms with Crippen LogP contribution in [0.4, 0.5) is 0 Å². The Bertz CT molecular complexity index is 210. The van der Waals surface area contributed by atoms with Gasteiger partial charge in [0.05, 0.1) is 12.7 Å². The van der Waals surface area contributed by atoms with Gasteiger partial charge in [0.2, 0.25) is 5.91 Å². The third kappa shape index (κ3) is 8.37. The van der Waals surface area contributed by atoms with Gasteiger partial charge in [0.25, 0.3) is 0 Å². The molecular formula is C11H25NO6. The molecule has 0 aliphatic carbocycles. The van der Waals surface area contributed by atoms with Crippen LogP contribution in [0, 0.1) is 0 Å². The van der Waals surface area contributed by atoms with Gasteiger partial charge in [0.15, 0.2) is 6.29 Å². The highest BCUT2D eigenvalue weighted by molar-refractivity contribution is 5.70. The minimum atomic E-state index is -1.03. The Kier molecular flexibility index (Phi) is 12.4. The van der Waals surface area contributed by atoms with E-state index in [0.29, 0.717) is 0 Å². The third-order valence-electron chi connectivity index (χ3n) is 1.98. The van der Waals surface area contributed by atoms with Crippen LogP contribution in [-0.2, 0) is 14.3 Å². The molecule has 1 saturated heterocycles. The van der Waals surface area contributed by atoms with Crippen LogP contribution >= 0.6 is 0 Å². The molecule has 1 aliphatic rings. The zero-order chi connectivity index (χ0) is 14.7. The van der Waals surface area contributed by atoms with Gasteiger partial charge in [-0.15, -0.1) is 0 Å². The number of hydrogen-bond donors (Lipinski definition) is 4. The standard InChI is InChI=1S/C7H14O5.C2H5NO.C2H6/c1-11-6-2-4(9)7(10)5(3-8)12-6;1-2(3)4;1-2/h4-10H,2-3H2,1H3;1H3,(H2,3,4);1-2H3. The minimum Gasteiger partial charge on any atom is -0.394 e. The zero-order valence-electron chi connectivity index (χ0n) is 11.4. The summed E-state index contributed by atoms with van der Waals surface area (Å²) in [6.07, 6.45) is -2.98. The second kappa shape index (κ2) is 11.4. The van der Waals surface area contributed by atoms with Crippen molar-refractivity contribution in [3.63, 3.8) is 0 Å². The van der Waals surface area contributed by atoms with Crippen LogP contribution in [0.5, 0.6) is 0 Å². The molecule has 1 aliphatic heterocycles. The molecule has 4 atom stereocenters. The summed E-state index contributed by atoms with van der Waals surface area (Å²) in [6.45, 7) is 4.98. The van der Waals surface area contributed by atoms with Gasteiger partial charge in [0.1, 0.15) is 12.2 Å². The highest BCUT2D eigenvalue weighted by Gasteiger charge is 2.36. The third-order valence-corrected chi connectivity index (χ3v) is 1.98. The molecule has 18 heavy (non-hydrogen) atoms. The maximum absolute atomic E-state index is 9.26. The van der Waals surface area contributed by atoms with Gasteiger partial charge in [-0.3, -0.25) is 4.79 Å². The van der Waals surface area contributed by atoms with Crippen LogP contribution in [0.15, 0.2) is 0 Å². The first kappa shape index (κ1) is 19.6. The van der Waals surface area contributed by atoms with Crippen molar-refractivity contribution in [1.29, 1.82) is 0 Å². The van der Waals surface area contributed by atoms with Crippen molar-refractivity contribution >= 4 is 5.91 Å². The smallest absolute Gasteiger partial charge is 0.214 e. The Morgan fingerprint density at radius 2 is 1.89 bits per heavy atom. The molecule has 7 heteroatoms. The van der Waals surface area contributed by atoms with Gasteiger partial charge in [0, 0.05) is 20.5 Å². The van der Waals surface area contributed by atoms with Crippen molar-refractivity contribution in [3.8, 4) is 0 Å². The molecule has 0 spiro atoms. The van der Waals surface area contributed by atoms with E-state index in [2.05, 4.69) is 5.73 Å². The first-order valence-corrected chi connectivity index (χ1v) is 5.83. The molecule has 1 fully saturated rings. The highest BCUT2D eigenvalue weighted by Crippen LogP contribution is 2.20. The van der Waals surface area contributed by atoms with Crippen molar-refractivity contribution in [1.82, 2.24) is 0 Å². The number of ether oxygens (including phenoxy) is 2. The summed E-state index contributed by atoms with van der Waals surface area (Å²) in [4.78, 5) is 9.22. The predicted molar refractivity (Wildman–Crippen MR) is 65.6 cm³/mol. The molecule has 4 unspecified atom stereocenters. The Morgan fingerprint density at radius 3 is 2.22 bits per heavy atom. The monoisotopic (exact) mass is 267 g/mol. The summed E-state index contributed by atoms with van der Waals surface area (Å²) in [6, 6.07) is 0. The first-order chi connectivity index (χ1) is 8.42. The van der Waals surface area contributed by atoms with E-state index in [1.807, 2.05) is 13.8 Å².